The van der Waals surface area contributed by atoms with E-state index in [1.165, 1.54) is 334 Å². The number of rotatable bonds is 71. The van der Waals surface area contributed by atoms with E-state index in [2.05, 4.69) is 55.6 Å². The van der Waals surface area contributed by atoms with Crippen molar-refractivity contribution >= 4 is 11.9 Å². The lowest BCUT2D eigenvalue weighted by Crippen LogP contribution is -2.45. The lowest BCUT2D eigenvalue weighted by atomic mass is 10.0. The number of aliphatic hydroxyl groups excluding tert-OH is 2. The summed E-state index contributed by atoms with van der Waals surface area (Å²) in [6.07, 6.45) is 96.3. The van der Waals surface area contributed by atoms with Crippen molar-refractivity contribution in [2.24, 2.45) is 0 Å². The molecule has 0 rings (SSSR count). The van der Waals surface area contributed by atoms with Crippen LogP contribution >= 0.6 is 0 Å². The van der Waals surface area contributed by atoms with Crippen molar-refractivity contribution in [2.75, 3.05) is 13.2 Å². The number of carbonyl (C=O) groups excluding carboxylic acids is 2. The molecular weight excluding hydrogens is 1030 g/mol. The number of unbranched alkanes of at least 4 members (excludes halogenated alkanes) is 54. The first-order valence-electron chi connectivity index (χ1n) is 37.9. The van der Waals surface area contributed by atoms with Crippen molar-refractivity contribution in [3.8, 4) is 0 Å². The summed E-state index contributed by atoms with van der Waals surface area (Å²) >= 11 is 0. The van der Waals surface area contributed by atoms with Gasteiger partial charge in [-0.2, -0.15) is 0 Å². The zero-order valence-electron chi connectivity index (χ0n) is 56.6. The van der Waals surface area contributed by atoms with E-state index in [1.807, 2.05) is 6.08 Å². The fourth-order valence-electron chi connectivity index (χ4n) is 11.8. The SMILES string of the molecule is CCCCC/C=C\C/C=C\CCCCCCCCCCCC(=O)OCCCCCCCCCCCCCC/C=C\CCCCCCCCCCCC(=O)NC(CO)C(O)/C=C/CCCCCCCCCCCCCCCCCCCCCCC. The summed E-state index contributed by atoms with van der Waals surface area (Å²) in [5.74, 6) is -0.0575. The summed E-state index contributed by atoms with van der Waals surface area (Å²) < 4.78 is 5.51. The summed E-state index contributed by atoms with van der Waals surface area (Å²) in [5.41, 5.74) is 0. The minimum Gasteiger partial charge on any atom is -0.466 e. The zero-order valence-corrected chi connectivity index (χ0v) is 56.6. The lowest BCUT2D eigenvalue weighted by molar-refractivity contribution is -0.143. The highest BCUT2D eigenvalue weighted by molar-refractivity contribution is 5.76. The minimum atomic E-state index is -0.849. The van der Waals surface area contributed by atoms with Gasteiger partial charge >= 0.3 is 5.97 Å². The molecule has 0 heterocycles. The smallest absolute Gasteiger partial charge is 0.305 e. The summed E-state index contributed by atoms with van der Waals surface area (Å²) in [4.78, 5) is 24.7. The van der Waals surface area contributed by atoms with Gasteiger partial charge < -0.3 is 20.3 Å². The molecule has 0 aliphatic heterocycles. The average Bonchev–Trinajstić information content (AvgIpc) is 3.51. The molecule has 0 aliphatic rings. The number of hydrogen-bond donors (Lipinski definition) is 3. The maximum atomic E-state index is 12.5. The molecule has 2 atom stereocenters. The van der Waals surface area contributed by atoms with Crippen LogP contribution in [0.5, 0.6) is 0 Å². The third-order valence-corrected chi connectivity index (χ3v) is 17.6. The normalized spacial score (nSPS) is 12.8. The number of ether oxygens (including phenoxy) is 1. The molecule has 0 fully saturated rings. The Balaban J connectivity index is 3.42. The van der Waals surface area contributed by atoms with Crippen LogP contribution in [0.2, 0.25) is 0 Å². The molecule has 2 unspecified atom stereocenters. The molecular formula is C78H147NO5. The van der Waals surface area contributed by atoms with Gasteiger partial charge in [-0.1, -0.05) is 358 Å². The molecule has 0 aliphatic carbocycles. The van der Waals surface area contributed by atoms with Crippen LogP contribution in [0.15, 0.2) is 48.6 Å². The van der Waals surface area contributed by atoms with Gasteiger partial charge in [-0.15, -0.1) is 0 Å². The second-order valence-corrected chi connectivity index (χ2v) is 26.0. The fourth-order valence-corrected chi connectivity index (χ4v) is 11.8. The Bertz CT molecular complexity index is 1400. The molecule has 6 nitrogen and oxygen atoms in total. The van der Waals surface area contributed by atoms with Crippen LogP contribution in [-0.4, -0.2) is 47.4 Å². The van der Waals surface area contributed by atoms with Crippen LogP contribution in [0, 0.1) is 0 Å². The Morgan fingerprint density at radius 3 is 0.940 bits per heavy atom. The molecule has 494 valence electrons. The molecule has 0 bridgehead atoms. The molecule has 0 aromatic carbocycles. The molecule has 84 heavy (non-hydrogen) atoms. The van der Waals surface area contributed by atoms with Gasteiger partial charge in [-0.25, -0.2) is 0 Å². The monoisotopic (exact) mass is 1180 g/mol. The fraction of sp³-hybridized carbons (Fsp3) is 0.872. The maximum Gasteiger partial charge on any atom is 0.305 e. The molecule has 3 N–H and O–H groups in total. The summed E-state index contributed by atoms with van der Waals surface area (Å²) in [6, 6.07) is -0.632. The Morgan fingerprint density at radius 1 is 0.333 bits per heavy atom. The van der Waals surface area contributed by atoms with Gasteiger partial charge in [0.1, 0.15) is 0 Å². The van der Waals surface area contributed by atoms with Crippen molar-refractivity contribution in [1.82, 2.24) is 5.32 Å². The van der Waals surface area contributed by atoms with Crippen LogP contribution in [0.3, 0.4) is 0 Å². The number of carbonyl (C=O) groups is 2. The molecule has 0 spiro atoms. The van der Waals surface area contributed by atoms with Crippen LogP contribution in [-0.2, 0) is 14.3 Å². The van der Waals surface area contributed by atoms with E-state index in [4.69, 9.17) is 4.74 Å². The van der Waals surface area contributed by atoms with Gasteiger partial charge in [0.2, 0.25) is 5.91 Å². The van der Waals surface area contributed by atoms with Gasteiger partial charge in [0.25, 0.3) is 0 Å². The van der Waals surface area contributed by atoms with Crippen molar-refractivity contribution in [2.45, 2.75) is 424 Å². The van der Waals surface area contributed by atoms with E-state index >= 15 is 0 Å². The van der Waals surface area contributed by atoms with E-state index in [1.54, 1.807) is 6.08 Å². The van der Waals surface area contributed by atoms with Crippen LogP contribution in [0.1, 0.15) is 412 Å². The molecule has 0 saturated heterocycles. The molecule has 0 aromatic heterocycles. The van der Waals surface area contributed by atoms with Gasteiger partial charge in [0, 0.05) is 12.8 Å². The number of nitrogens with one attached hydrogen (secondary N) is 1. The standard InChI is InChI=1S/C78H147NO5/c1-3-5-7-9-11-13-15-17-19-21-23-24-28-31-35-38-42-46-50-54-58-62-66-70-76(81)75(74-80)79-77(82)71-67-63-59-55-51-47-43-39-36-32-29-26-25-27-30-33-37-41-45-49-53-57-61-65-69-73-84-78(83)72-68-64-60-56-52-48-44-40-34-22-20-18-16-14-12-10-8-6-4-2/h12,14,18,20,26,29,66,70,75-76,80-81H,3-11,13,15-17,19,21-25,27-28,30-65,67-69,71-74H2,1-2H3,(H,79,82)/b14-12-,20-18-,29-26-,70-66+. The molecule has 0 radical (unpaired) electrons. The summed E-state index contributed by atoms with van der Waals surface area (Å²) in [5, 5.41) is 23.3. The van der Waals surface area contributed by atoms with Crippen LogP contribution in [0.4, 0.5) is 0 Å². The quantitative estimate of drug-likeness (QED) is 0.0320. The highest BCUT2D eigenvalue weighted by Gasteiger charge is 2.18. The van der Waals surface area contributed by atoms with E-state index in [0.717, 1.165) is 51.4 Å². The number of allylic oxidation sites excluding steroid dienone is 7. The minimum absolute atomic E-state index is 0.00976. The van der Waals surface area contributed by atoms with Crippen molar-refractivity contribution in [3.05, 3.63) is 48.6 Å². The zero-order chi connectivity index (χ0) is 60.6. The molecule has 6 heteroatoms. The third kappa shape index (κ3) is 68.9. The van der Waals surface area contributed by atoms with Gasteiger partial charge in [-0.3, -0.25) is 9.59 Å². The Kier molecular flexibility index (Phi) is 71.4. The third-order valence-electron chi connectivity index (χ3n) is 17.6. The average molecular weight is 1180 g/mol. The number of hydrogen-bond acceptors (Lipinski definition) is 5. The van der Waals surface area contributed by atoms with E-state index < -0.39 is 12.1 Å². The Morgan fingerprint density at radius 2 is 0.595 bits per heavy atom. The topological polar surface area (TPSA) is 95.9 Å². The highest BCUT2D eigenvalue weighted by atomic mass is 16.5. The van der Waals surface area contributed by atoms with Gasteiger partial charge in [-0.05, 0) is 89.9 Å². The second kappa shape index (κ2) is 73.3. The van der Waals surface area contributed by atoms with Crippen LogP contribution < -0.4 is 5.32 Å². The first-order chi connectivity index (χ1) is 41.5. The predicted molar refractivity (Wildman–Crippen MR) is 370 cm³/mol. The maximum absolute atomic E-state index is 12.5. The Hall–Kier alpha value is -2.18. The van der Waals surface area contributed by atoms with Crippen molar-refractivity contribution in [3.63, 3.8) is 0 Å². The van der Waals surface area contributed by atoms with Crippen LogP contribution in [0.25, 0.3) is 0 Å². The summed E-state index contributed by atoms with van der Waals surface area (Å²) in [7, 11) is 0. The largest absolute Gasteiger partial charge is 0.466 e. The molecule has 0 saturated carbocycles. The first-order valence-corrected chi connectivity index (χ1v) is 37.9. The molecule has 0 aromatic rings. The number of amides is 1. The predicted octanol–water partition coefficient (Wildman–Crippen LogP) is 24.8. The highest BCUT2D eigenvalue weighted by Crippen LogP contribution is 2.19. The van der Waals surface area contributed by atoms with Crippen molar-refractivity contribution in [1.29, 1.82) is 0 Å². The summed E-state index contributed by atoms with van der Waals surface area (Å²) in [6.45, 7) is 4.91. The number of esters is 1. The van der Waals surface area contributed by atoms with Gasteiger partial charge in [0.05, 0.1) is 25.4 Å². The van der Waals surface area contributed by atoms with Crippen molar-refractivity contribution < 1.29 is 24.5 Å². The number of aliphatic hydroxyl groups is 2. The van der Waals surface area contributed by atoms with E-state index in [0.29, 0.717) is 19.4 Å². The molecule has 1 amide bonds. The van der Waals surface area contributed by atoms with E-state index in [-0.39, 0.29) is 18.5 Å². The lowest BCUT2D eigenvalue weighted by Gasteiger charge is -2.20. The second-order valence-electron chi connectivity index (χ2n) is 26.0. The first kappa shape index (κ1) is 81.8. The van der Waals surface area contributed by atoms with E-state index in [9.17, 15) is 19.8 Å². The Labute approximate surface area is 525 Å². The van der Waals surface area contributed by atoms with Gasteiger partial charge in [0.15, 0.2) is 0 Å².